The van der Waals surface area contributed by atoms with Crippen molar-refractivity contribution in [1.82, 2.24) is 20.4 Å². The Bertz CT molecular complexity index is 1140. The first-order valence-electron chi connectivity index (χ1n) is 9.73. The lowest BCUT2D eigenvalue weighted by atomic mass is 9.95. The average molecular weight is 404 g/mol. The maximum Gasteiger partial charge on any atom is 0.322 e. The smallest absolute Gasteiger partial charge is 0.322 e. The van der Waals surface area contributed by atoms with Gasteiger partial charge in [-0.2, -0.15) is 4.98 Å². The number of nitrogens with one attached hydrogen (secondary N) is 1. The fraction of sp³-hybridized carbons (Fsp3) is 0.227. The topological polar surface area (TPSA) is 89.7 Å². The van der Waals surface area contributed by atoms with E-state index in [-0.39, 0.29) is 18.9 Å². The molecule has 8 nitrogen and oxygen atoms in total. The number of carbonyl (C=O) groups is 1. The van der Waals surface area contributed by atoms with Gasteiger partial charge in [-0.1, -0.05) is 35.5 Å². The summed E-state index contributed by atoms with van der Waals surface area (Å²) in [6.45, 7) is 4.56. The van der Waals surface area contributed by atoms with Crippen molar-refractivity contribution in [2.75, 3.05) is 13.3 Å². The third kappa shape index (κ3) is 2.97. The molecule has 8 heteroatoms. The zero-order valence-electron chi connectivity index (χ0n) is 16.6. The molecule has 0 radical (unpaired) electrons. The Morgan fingerprint density at radius 1 is 1.13 bits per heavy atom. The summed E-state index contributed by atoms with van der Waals surface area (Å²) in [5, 5.41) is 7.23. The van der Waals surface area contributed by atoms with Crippen LogP contribution in [0.1, 0.15) is 31.3 Å². The molecule has 5 rings (SSSR count). The molecule has 1 unspecified atom stereocenters. The number of hydrogen-bond donors (Lipinski definition) is 1. The highest BCUT2D eigenvalue weighted by molar-refractivity contribution is 5.86. The van der Waals surface area contributed by atoms with E-state index in [9.17, 15) is 4.79 Å². The van der Waals surface area contributed by atoms with Gasteiger partial charge in [-0.05, 0) is 37.6 Å². The largest absolute Gasteiger partial charge is 0.454 e. The SMILES string of the molecule is CCN1C(=O)NC(c2ccccc2)C(c2nc(-c3ccc4c(c3)OCO4)no2)=C1C. The molecule has 0 aliphatic carbocycles. The molecule has 0 spiro atoms. The normalized spacial score (nSPS) is 18.0. The second kappa shape index (κ2) is 7.22. The molecular formula is C22H20N4O4. The van der Waals surface area contributed by atoms with E-state index in [2.05, 4.69) is 15.5 Å². The van der Waals surface area contributed by atoms with Gasteiger partial charge in [0.15, 0.2) is 11.5 Å². The first-order chi connectivity index (χ1) is 14.7. The number of nitrogens with zero attached hydrogens (tertiary/aromatic N) is 3. The van der Waals surface area contributed by atoms with Crippen molar-refractivity contribution in [2.24, 2.45) is 0 Å². The predicted octanol–water partition coefficient (Wildman–Crippen LogP) is 3.98. The molecule has 1 aromatic heterocycles. The Labute approximate surface area is 173 Å². The van der Waals surface area contributed by atoms with Crippen LogP contribution in [0.5, 0.6) is 11.5 Å². The highest BCUT2D eigenvalue weighted by Gasteiger charge is 2.35. The van der Waals surface area contributed by atoms with Crippen LogP contribution in [-0.2, 0) is 0 Å². The van der Waals surface area contributed by atoms with Crippen molar-refractivity contribution in [3.8, 4) is 22.9 Å². The van der Waals surface area contributed by atoms with Crippen LogP contribution in [0, 0.1) is 0 Å². The molecular weight excluding hydrogens is 384 g/mol. The molecule has 0 saturated heterocycles. The minimum atomic E-state index is -0.383. The van der Waals surface area contributed by atoms with E-state index in [0.717, 1.165) is 22.4 Å². The predicted molar refractivity (Wildman–Crippen MR) is 109 cm³/mol. The summed E-state index contributed by atoms with van der Waals surface area (Å²) >= 11 is 0. The summed E-state index contributed by atoms with van der Waals surface area (Å²) in [6.07, 6.45) is 0. The first kappa shape index (κ1) is 18.2. The van der Waals surface area contributed by atoms with E-state index in [1.54, 1.807) is 4.90 Å². The molecule has 0 saturated carbocycles. The molecule has 2 aromatic carbocycles. The lowest BCUT2D eigenvalue weighted by Crippen LogP contribution is -2.45. The number of aromatic nitrogens is 2. The number of benzene rings is 2. The maximum absolute atomic E-state index is 12.6. The van der Waals surface area contributed by atoms with Gasteiger partial charge in [-0.25, -0.2) is 4.79 Å². The van der Waals surface area contributed by atoms with Crippen molar-refractivity contribution in [2.45, 2.75) is 19.9 Å². The number of ether oxygens (including phenoxy) is 2. The van der Waals surface area contributed by atoms with E-state index < -0.39 is 0 Å². The molecule has 1 atom stereocenters. The highest BCUT2D eigenvalue weighted by atomic mass is 16.7. The molecule has 3 aromatic rings. The standard InChI is InChI=1S/C22H20N4O4/c1-3-26-13(2)18(19(23-22(26)27)14-7-5-4-6-8-14)21-24-20(25-30-21)15-9-10-16-17(11-15)29-12-28-16/h4-11,19H,3,12H2,1-2H3,(H,23,27). The van der Waals surface area contributed by atoms with Crippen LogP contribution in [0.25, 0.3) is 17.0 Å². The van der Waals surface area contributed by atoms with E-state index in [1.165, 1.54) is 0 Å². The molecule has 3 heterocycles. The summed E-state index contributed by atoms with van der Waals surface area (Å²) in [4.78, 5) is 18.9. The van der Waals surface area contributed by atoms with E-state index in [1.807, 2.05) is 62.4 Å². The van der Waals surface area contributed by atoms with Gasteiger partial charge in [0.1, 0.15) is 0 Å². The van der Waals surface area contributed by atoms with Gasteiger partial charge in [0.05, 0.1) is 11.6 Å². The molecule has 152 valence electrons. The van der Waals surface area contributed by atoms with Crippen LogP contribution in [-0.4, -0.2) is 34.4 Å². The molecule has 2 aliphatic heterocycles. The number of allylic oxidation sites excluding steroid dienone is 1. The van der Waals surface area contributed by atoms with E-state index in [4.69, 9.17) is 14.0 Å². The quantitative estimate of drug-likeness (QED) is 0.707. The third-order valence-electron chi connectivity index (χ3n) is 5.33. The second-order valence-corrected chi connectivity index (χ2v) is 7.03. The average Bonchev–Trinajstić information content (AvgIpc) is 3.43. The lowest BCUT2D eigenvalue weighted by Gasteiger charge is -2.34. The summed E-state index contributed by atoms with van der Waals surface area (Å²) < 4.78 is 16.5. The molecule has 1 N–H and O–H groups in total. The van der Waals surface area contributed by atoms with Crippen molar-refractivity contribution in [1.29, 1.82) is 0 Å². The maximum atomic E-state index is 12.6. The molecule has 2 aliphatic rings. The summed E-state index contributed by atoms with van der Waals surface area (Å²) in [5.74, 6) is 2.15. The van der Waals surface area contributed by atoms with Crippen LogP contribution >= 0.6 is 0 Å². The van der Waals surface area contributed by atoms with Crippen LogP contribution < -0.4 is 14.8 Å². The summed E-state index contributed by atoms with van der Waals surface area (Å²) in [5.41, 5.74) is 3.27. The number of carbonyl (C=O) groups excluding carboxylic acids is 1. The first-order valence-corrected chi connectivity index (χ1v) is 9.73. The fourth-order valence-electron chi connectivity index (χ4n) is 3.82. The third-order valence-corrected chi connectivity index (χ3v) is 5.33. The monoisotopic (exact) mass is 404 g/mol. The van der Waals surface area contributed by atoms with Gasteiger partial charge >= 0.3 is 6.03 Å². The van der Waals surface area contributed by atoms with Crippen LogP contribution in [0.15, 0.2) is 58.8 Å². The number of fused-ring (bicyclic) bond motifs is 1. The van der Waals surface area contributed by atoms with Crippen molar-refractivity contribution < 1.29 is 18.8 Å². The Morgan fingerprint density at radius 3 is 2.73 bits per heavy atom. The van der Waals surface area contributed by atoms with Gasteiger partial charge in [0.25, 0.3) is 5.89 Å². The number of rotatable bonds is 4. The Balaban J connectivity index is 1.58. The van der Waals surface area contributed by atoms with Gasteiger partial charge in [-0.15, -0.1) is 0 Å². The van der Waals surface area contributed by atoms with Crippen molar-refractivity contribution in [3.63, 3.8) is 0 Å². The zero-order valence-corrected chi connectivity index (χ0v) is 16.6. The summed E-state index contributed by atoms with van der Waals surface area (Å²) in [6, 6.07) is 14.7. The van der Waals surface area contributed by atoms with Gasteiger partial charge < -0.3 is 19.3 Å². The van der Waals surface area contributed by atoms with Crippen LogP contribution in [0.2, 0.25) is 0 Å². The number of urea groups is 1. The van der Waals surface area contributed by atoms with Crippen molar-refractivity contribution in [3.05, 3.63) is 65.7 Å². The van der Waals surface area contributed by atoms with Gasteiger partial charge in [0, 0.05) is 17.8 Å². The van der Waals surface area contributed by atoms with E-state index in [0.29, 0.717) is 29.8 Å². The second-order valence-electron chi connectivity index (χ2n) is 7.03. The molecule has 0 bridgehead atoms. The minimum Gasteiger partial charge on any atom is -0.454 e. The molecule has 30 heavy (non-hydrogen) atoms. The Hall–Kier alpha value is -3.81. The minimum absolute atomic E-state index is 0.150. The van der Waals surface area contributed by atoms with Crippen LogP contribution in [0.4, 0.5) is 4.79 Å². The number of amides is 2. The van der Waals surface area contributed by atoms with Gasteiger partial charge in [-0.3, -0.25) is 4.90 Å². The Kier molecular flexibility index (Phi) is 4.39. The van der Waals surface area contributed by atoms with Crippen molar-refractivity contribution >= 4 is 11.6 Å². The van der Waals surface area contributed by atoms with E-state index >= 15 is 0 Å². The molecule has 0 fully saturated rings. The zero-order chi connectivity index (χ0) is 20.7. The lowest BCUT2D eigenvalue weighted by molar-refractivity contribution is 0.174. The Morgan fingerprint density at radius 2 is 1.93 bits per heavy atom. The van der Waals surface area contributed by atoms with Gasteiger partial charge in [0.2, 0.25) is 12.6 Å². The fourth-order valence-corrected chi connectivity index (χ4v) is 3.82. The van der Waals surface area contributed by atoms with Crippen LogP contribution in [0.3, 0.4) is 0 Å². The highest BCUT2D eigenvalue weighted by Crippen LogP contribution is 2.38. The number of hydrogen-bond acceptors (Lipinski definition) is 6. The molecule has 2 amide bonds. The summed E-state index contributed by atoms with van der Waals surface area (Å²) in [7, 11) is 0.